The second-order valence-corrected chi connectivity index (χ2v) is 7.73. The van der Waals surface area contributed by atoms with E-state index in [0.717, 1.165) is 43.5 Å². The van der Waals surface area contributed by atoms with Gasteiger partial charge in [0.2, 0.25) is 0 Å². The molecule has 0 bridgehead atoms. The number of phenolic OH excluding ortho intramolecular Hbond substituents is 1. The molecule has 0 saturated carbocycles. The van der Waals surface area contributed by atoms with Gasteiger partial charge in [-0.05, 0) is 67.8 Å². The Labute approximate surface area is 146 Å². The molecular weight excluding hydrogens is 302 g/mol. The van der Waals surface area contributed by atoms with Crippen molar-refractivity contribution in [2.45, 2.75) is 71.3 Å². The molecule has 0 aromatic heterocycles. The molecule has 0 heterocycles. The lowest BCUT2D eigenvalue weighted by Gasteiger charge is -2.22. The fourth-order valence-electron chi connectivity index (χ4n) is 2.75. The van der Waals surface area contributed by atoms with E-state index < -0.39 is 6.10 Å². The Hall–Kier alpha value is -1.10. The van der Waals surface area contributed by atoms with E-state index >= 15 is 0 Å². The van der Waals surface area contributed by atoms with Gasteiger partial charge in [-0.2, -0.15) is 0 Å². The molecule has 0 amide bonds. The van der Waals surface area contributed by atoms with Crippen LogP contribution in [-0.4, -0.2) is 41.1 Å². The first-order valence-electron chi connectivity index (χ1n) is 9.08. The Bertz CT molecular complexity index is 494. The van der Waals surface area contributed by atoms with Crippen LogP contribution in [0, 0.1) is 6.92 Å². The third kappa shape index (κ3) is 7.20. The molecule has 0 aliphatic heterocycles. The quantitative estimate of drug-likeness (QED) is 0.495. The van der Waals surface area contributed by atoms with Crippen LogP contribution in [-0.2, 0) is 11.8 Å². The number of benzene rings is 1. The van der Waals surface area contributed by atoms with Crippen molar-refractivity contribution in [3.63, 3.8) is 0 Å². The topological polar surface area (TPSA) is 72.7 Å². The molecule has 1 atom stereocenters. The molecule has 1 rings (SSSR count). The van der Waals surface area contributed by atoms with Gasteiger partial charge in [0.1, 0.15) is 5.75 Å². The van der Waals surface area contributed by atoms with Crippen molar-refractivity contribution in [3.05, 3.63) is 28.8 Å². The van der Waals surface area contributed by atoms with Crippen LogP contribution in [0.4, 0.5) is 0 Å². The summed E-state index contributed by atoms with van der Waals surface area (Å²) in [7, 11) is 0. The van der Waals surface area contributed by atoms with Gasteiger partial charge < -0.3 is 20.6 Å². The van der Waals surface area contributed by atoms with Crippen LogP contribution in [0.15, 0.2) is 12.1 Å². The monoisotopic (exact) mass is 337 g/mol. The lowest BCUT2D eigenvalue weighted by Crippen LogP contribution is -2.20. The molecule has 138 valence electrons. The van der Waals surface area contributed by atoms with Gasteiger partial charge >= 0.3 is 0 Å². The summed E-state index contributed by atoms with van der Waals surface area (Å²) in [4.78, 5) is 0. The van der Waals surface area contributed by atoms with Crippen molar-refractivity contribution in [3.8, 4) is 5.75 Å². The molecule has 1 aromatic rings. The molecule has 24 heavy (non-hydrogen) atoms. The maximum absolute atomic E-state index is 10.3. The Kier molecular flexibility index (Phi) is 8.74. The van der Waals surface area contributed by atoms with E-state index in [2.05, 4.69) is 26.1 Å². The van der Waals surface area contributed by atoms with Crippen molar-refractivity contribution in [1.29, 1.82) is 0 Å². The Morgan fingerprint density at radius 1 is 1.08 bits per heavy atom. The first-order chi connectivity index (χ1) is 11.3. The number of hydrogen-bond donors (Lipinski definition) is 4. The molecule has 4 nitrogen and oxygen atoms in total. The van der Waals surface area contributed by atoms with E-state index in [-0.39, 0.29) is 12.0 Å². The van der Waals surface area contributed by atoms with E-state index in [4.69, 9.17) is 5.11 Å². The van der Waals surface area contributed by atoms with Gasteiger partial charge in [-0.25, -0.2) is 0 Å². The van der Waals surface area contributed by atoms with Crippen LogP contribution in [0.2, 0.25) is 0 Å². The average Bonchev–Trinajstić information content (AvgIpc) is 2.49. The molecular formula is C20H35NO3. The van der Waals surface area contributed by atoms with Gasteiger partial charge in [0.15, 0.2) is 0 Å². The Morgan fingerprint density at radius 3 is 2.38 bits per heavy atom. The first kappa shape index (κ1) is 20.9. The third-order valence-electron chi connectivity index (χ3n) is 4.35. The molecule has 1 unspecified atom stereocenters. The summed E-state index contributed by atoms with van der Waals surface area (Å²) in [6.07, 6.45) is 3.47. The minimum atomic E-state index is -0.440. The van der Waals surface area contributed by atoms with Gasteiger partial charge in [-0.15, -0.1) is 0 Å². The summed E-state index contributed by atoms with van der Waals surface area (Å²) in [6, 6.07) is 4.06. The third-order valence-corrected chi connectivity index (χ3v) is 4.35. The number of aryl methyl sites for hydroxylation is 1. The fourth-order valence-corrected chi connectivity index (χ4v) is 2.75. The average molecular weight is 338 g/mol. The van der Waals surface area contributed by atoms with Crippen LogP contribution < -0.4 is 5.32 Å². The molecule has 0 radical (unpaired) electrons. The highest BCUT2D eigenvalue weighted by Crippen LogP contribution is 2.31. The van der Waals surface area contributed by atoms with Crippen molar-refractivity contribution in [2.75, 3.05) is 19.7 Å². The maximum atomic E-state index is 10.3. The summed E-state index contributed by atoms with van der Waals surface area (Å²) in [6.45, 7) is 10.4. The summed E-state index contributed by atoms with van der Waals surface area (Å²) in [5.74, 6) is 0.309. The fraction of sp³-hybridized carbons (Fsp3) is 0.700. The van der Waals surface area contributed by atoms with Crippen LogP contribution in [0.1, 0.15) is 63.1 Å². The number of aliphatic hydroxyl groups excluding tert-OH is 2. The molecule has 0 aliphatic rings. The number of rotatable bonds is 10. The van der Waals surface area contributed by atoms with Gasteiger partial charge in [0.25, 0.3) is 0 Å². The predicted molar refractivity (Wildman–Crippen MR) is 99.7 cm³/mol. The first-order valence-corrected chi connectivity index (χ1v) is 9.08. The lowest BCUT2D eigenvalue weighted by atomic mass is 9.84. The predicted octanol–water partition coefficient (Wildman–Crippen LogP) is 3.04. The highest BCUT2D eigenvalue weighted by molar-refractivity contribution is 5.45. The number of nitrogens with one attached hydrogen (secondary N) is 1. The minimum absolute atomic E-state index is 0.0245. The number of aromatic hydroxyl groups is 1. The molecule has 0 fully saturated rings. The molecule has 4 heteroatoms. The molecule has 4 N–H and O–H groups in total. The van der Waals surface area contributed by atoms with E-state index in [9.17, 15) is 10.2 Å². The van der Waals surface area contributed by atoms with Crippen molar-refractivity contribution in [2.24, 2.45) is 0 Å². The van der Waals surface area contributed by atoms with E-state index in [1.54, 1.807) is 0 Å². The minimum Gasteiger partial charge on any atom is -0.507 e. The summed E-state index contributed by atoms with van der Waals surface area (Å²) in [5.41, 5.74) is 2.92. The van der Waals surface area contributed by atoms with Crippen molar-refractivity contribution < 1.29 is 15.3 Å². The molecule has 0 aliphatic carbocycles. The lowest BCUT2D eigenvalue weighted by molar-refractivity contribution is 0.161. The van der Waals surface area contributed by atoms with Crippen LogP contribution in [0.5, 0.6) is 5.75 Å². The summed E-state index contributed by atoms with van der Waals surface area (Å²) < 4.78 is 0. The molecule has 1 aromatic carbocycles. The Morgan fingerprint density at radius 2 is 1.75 bits per heavy atom. The van der Waals surface area contributed by atoms with E-state index in [1.165, 1.54) is 5.56 Å². The largest absolute Gasteiger partial charge is 0.507 e. The number of phenols is 1. The normalized spacial score (nSPS) is 13.2. The Balaban J connectivity index is 2.49. The maximum Gasteiger partial charge on any atom is 0.121 e. The van der Waals surface area contributed by atoms with E-state index in [1.807, 2.05) is 19.1 Å². The number of hydrogen-bond acceptors (Lipinski definition) is 4. The van der Waals surface area contributed by atoms with Gasteiger partial charge in [-0.1, -0.05) is 32.9 Å². The number of unbranched alkanes of at least 4 members (excludes halogenated alkanes) is 1. The SMILES string of the molecule is Cc1cc(C(C)(C)C)cc(CC(O)CCCNCCCCO)c1O. The zero-order chi connectivity index (χ0) is 18.2. The molecule has 0 saturated heterocycles. The highest BCUT2D eigenvalue weighted by Gasteiger charge is 2.18. The van der Waals surface area contributed by atoms with Crippen LogP contribution in [0.25, 0.3) is 0 Å². The molecule has 0 spiro atoms. The second kappa shape index (κ2) is 10.0. The van der Waals surface area contributed by atoms with Gasteiger partial charge in [0.05, 0.1) is 6.10 Å². The second-order valence-electron chi connectivity index (χ2n) is 7.73. The van der Waals surface area contributed by atoms with Crippen LogP contribution in [0.3, 0.4) is 0 Å². The van der Waals surface area contributed by atoms with Crippen LogP contribution >= 0.6 is 0 Å². The standard InChI is InChI=1S/C20H35NO3/c1-15-12-17(20(2,3)4)13-16(19(15)24)14-18(23)8-7-10-21-9-5-6-11-22/h12-13,18,21-24H,5-11,14H2,1-4H3. The zero-order valence-corrected chi connectivity index (χ0v) is 15.7. The number of aliphatic hydroxyl groups is 2. The summed E-state index contributed by atoms with van der Waals surface area (Å²) in [5, 5.41) is 32.6. The van der Waals surface area contributed by atoms with Gasteiger partial charge in [0, 0.05) is 13.0 Å². The zero-order valence-electron chi connectivity index (χ0n) is 15.7. The van der Waals surface area contributed by atoms with Crippen molar-refractivity contribution in [1.82, 2.24) is 5.32 Å². The summed E-state index contributed by atoms with van der Waals surface area (Å²) >= 11 is 0. The smallest absolute Gasteiger partial charge is 0.121 e. The van der Waals surface area contributed by atoms with Crippen molar-refractivity contribution >= 4 is 0 Å². The van der Waals surface area contributed by atoms with Gasteiger partial charge in [-0.3, -0.25) is 0 Å². The highest BCUT2D eigenvalue weighted by atomic mass is 16.3. The van der Waals surface area contributed by atoms with E-state index in [0.29, 0.717) is 18.6 Å².